The third-order valence-corrected chi connectivity index (χ3v) is 4.03. The van der Waals surface area contributed by atoms with Gasteiger partial charge in [0.05, 0.1) is 5.35 Å². The maximum Gasteiger partial charge on any atom is 0.248 e. The third kappa shape index (κ3) is 3.28. The standard InChI is InChI=1S/C17H23F3N2/c1-5-6-7-14-15(12(4)18)21-16(22(14)11(2)3)13-8-9-17(19,20)10-13/h5-7,11,13H,8-10H2,1-4H3/b6-5-,14-7+,15-12-. The summed E-state index contributed by atoms with van der Waals surface area (Å²) in [5, 5.41) is 0.912. The monoisotopic (exact) mass is 312 g/mol. The van der Waals surface area contributed by atoms with Crippen molar-refractivity contribution in [2.24, 2.45) is 0 Å². The molecule has 0 bridgehead atoms. The van der Waals surface area contributed by atoms with E-state index in [2.05, 4.69) is 4.98 Å². The molecule has 1 aromatic rings. The van der Waals surface area contributed by atoms with Gasteiger partial charge in [-0.1, -0.05) is 12.2 Å². The minimum atomic E-state index is -2.64. The van der Waals surface area contributed by atoms with Crippen LogP contribution in [0.25, 0.3) is 11.9 Å². The second-order valence-corrected chi connectivity index (χ2v) is 6.19. The van der Waals surface area contributed by atoms with E-state index in [0.717, 1.165) is 0 Å². The van der Waals surface area contributed by atoms with E-state index in [-0.39, 0.29) is 36.0 Å². The molecule has 0 N–H and O–H groups in total. The highest BCUT2D eigenvalue weighted by molar-refractivity contribution is 5.39. The molecule has 0 saturated heterocycles. The summed E-state index contributed by atoms with van der Waals surface area (Å²) in [4.78, 5) is 4.38. The molecule has 2 rings (SSSR count). The van der Waals surface area contributed by atoms with Crippen LogP contribution < -0.4 is 10.7 Å². The molecule has 0 radical (unpaired) electrons. The van der Waals surface area contributed by atoms with Crippen LogP contribution in [0.4, 0.5) is 13.2 Å². The molecule has 5 heteroatoms. The Morgan fingerprint density at radius 3 is 2.55 bits per heavy atom. The number of hydrogen-bond donors (Lipinski definition) is 0. The Morgan fingerprint density at radius 1 is 1.41 bits per heavy atom. The molecule has 1 atom stereocenters. The molecule has 1 saturated carbocycles. The molecule has 0 aliphatic heterocycles. The van der Waals surface area contributed by atoms with Crippen molar-refractivity contribution in [3.63, 3.8) is 0 Å². The number of aromatic nitrogens is 2. The van der Waals surface area contributed by atoms with Gasteiger partial charge in [0.15, 0.2) is 0 Å². The second-order valence-electron chi connectivity index (χ2n) is 6.19. The Hall–Kier alpha value is -1.52. The van der Waals surface area contributed by atoms with Crippen LogP contribution >= 0.6 is 0 Å². The lowest BCUT2D eigenvalue weighted by atomic mass is 10.1. The summed E-state index contributed by atoms with van der Waals surface area (Å²) in [6, 6.07) is 0.0290. The van der Waals surface area contributed by atoms with Crippen LogP contribution in [-0.2, 0) is 0 Å². The van der Waals surface area contributed by atoms with Gasteiger partial charge in [0, 0.05) is 24.8 Å². The Kier molecular flexibility index (Phi) is 4.83. The van der Waals surface area contributed by atoms with Gasteiger partial charge in [-0.25, -0.2) is 18.2 Å². The zero-order chi connectivity index (χ0) is 16.5. The van der Waals surface area contributed by atoms with Gasteiger partial charge in [0.1, 0.15) is 17.0 Å². The van der Waals surface area contributed by atoms with Crippen molar-refractivity contribution in [3.05, 3.63) is 28.7 Å². The van der Waals surface area contributed by atoms with Crippen molar-refractivity contribution in [2.75, 3.05) is 0 Å². The number of halogens is 3. The van der Waals surface area contributed by atoms with Gasteiger partial charge in [0.2, 0.25) is 5.92 Å². The minimum absolute atomic E-state index is 0.0290. The molecular formula is C17H23F3N2. The molecule has 1 unspecified atom stereocenters. The van der Waals surface area contributed by atoms with Crippen molar-refractivity contribution in [1.82, 2.24) is 9.55 Å². The van der Waals surface area contributed by atoms with E-state index in [1.807, 2.05) is 37.5 Å². The summed E-state index contributed by atoms with van der Waals surface area (Å²) < 4.78 is 42.9. The van der Waals surface area contributed by atoms with Crippen molar-refractivity contribution in [3.8, 4) is 0 Å². The number of allylic oxidation sites excluding steroid dienone is 2. The molecule has 1 fully saturated rings. The molecule has 2 nitrogen and oxygen atoms in total. The van der Waals surface area contributed by atoms with Gasteiger partial charge in [-0.2, -0.15) is 0 Å². The van der Waals surface area contributed by atoms with Crippen LogP contribution in [0.3, 0.4) is 0 Å². The molecule has 1 aromatic heterocycles. The average Bonchev–Trinajstić information content (AvgIpc) is 2.96. The lowest BCUT2D eigenvalue weighted by Gasteiger charge is -2.16. The molecule has 0 spiro atoms. The fraction of sp³-hybridized carbons (Fsp3) is 0.588. The van der Waals surface area contributed by atoms with Gasteiger partial charge in [-0.3, -0.25) is 0 Å². The highest BCUT2D eigenvalue weighted by Gasteiger charge is 2.42. The first-order valence-corrected chi connectivity index (χ1v) is 7.72. The highest BCUT2D eigenvalue weighted by Crippen LogP contribution is 2.43. The van der Waals surface area contributed by atoms with E-state index in [4.69, 9.17) is 0 Å². The zero-order valence-corrected chi connectivity index (χ0v) is 13.5. The number of nitrogens with zero attached hydrogens (tertiary/aromatic N) is 2. The maximum atomic E-state index is 13.9. The van der Waals surface area contributed by atoms with Gasteiger partial charge in [-0.05, 0) is 40.2 Å². The molecule has 0 aromatic carbocycles. The Labute approximate surface area is 129 Å². The first kappa shape index (κ1) is 16.8. The number of alkyl halides is 2. The van der Waals surface area contributed by atoms with Crippen LogP contribution in [0.1, 0.15) is 64.7 Å². The predicted octanol–water partition coefficient (Wildman–Crippen LogP) is 3.82. The smallest absolute Gasteiger partial charge is 0.248 e. The van der Waals surface area contributed by atoms with E-state index in [0.29, 0.717) is 17.6 Å². The predicted molar refractivity (Wildman–Crippen MR) is 82.9 cm³/mol. The van der Waals surface area contributed by atoms with Gasteiger partial charge in [0.25, 0.3) is 0 Å². The van der Waals surface area contributed by atoms with E-state index in [9.17, 15) is 13.2 Å². The lowest BCUT2D eigenvalue weighted by Crippen LogP contribution is -2.32. The van der Waals surface area contributed by atoms with E-state index in [1.165, 1.54) is 6.92 Å². The average molecular weight is 312 g/mol. The highest BCUT2D eigenvalue weighted by atomic mass is 19.3. The summed E-state index contributed by atoms with van der Waals surface area (Å²) in [5.41, 5.74) is 0. The van der Waals surface area contributed by atoms with Crippen molar-refractivity contribution in [1.29, 1.82) is 0 Å². The van der Waals surface area contributed by atoms with Crippen LogP contribution in [-0.4, -0.2) is 15.5 Å². The summed E-state index contributed by atoms with van der Waals surface area (Å²) >= 11 is 0. The van der Waals surface area contributed by atoms with Gasteiger partial charge in [-0.15, -0.1) is 0 Å². The second kappa shape index (κ2) is 6.31. The topological polar surface area (TPSA) is 17.8 Å². The van der Waals surface area contributed by atoms with Crippen molar-refractivity contribution in [2.45, 2.75) is 64.8 Å². The fourth-order valence-electron chi connectivity index (χ4n) is 3.06. The van der Waals surface area contributed by atoms with Crippen LogP contribution in [0.15, 0.2) is 12.2 Å². The number of hydrogen-bond acceptors (Lipinski definition) is 1. The molecule has 1 aliphatic rings. The largest absolute Gasteiger partial charge is 0.325 e. The zero-order valence-electron chi connectivity index (χ0n) is 13.5. The molecule has 0 amide bonds. The molecule has 1 aliphatic carbocycles. The van der Waals surface area contributed by atoms with Crippen LogP contribution in [0.5, 0.6) is 0 Å². The van der Waals surface area contributed by atoms with Crippen molar-refractivity contribution < 1.29 is 13.2 Å². The normalized spacial score (nSPS) is 23.8. The molecule has 22 heavy (non-hydrogen) atoms. The SMILES string of the molecule is C\C=C/C=c1\c(=C(/C)F)nc(C2CCC(F)(F)C2)n1C(C)C. The molecular weight excluding hydrogens is 289 g/mol. The Morgan fingerprint density at radius 2 is 2.09 bits per heavy atom. The lowest BCUT2D eigenvalue weighted by molar-refractivity contribution is 0.00742. The minimum Gasteiger partial charge on any atom is -0.325 e. The number of imidazole rings is 1. The maximum absolute atomic E-state index is 13.9. The van der Waals surface area contributed by atoms with Crippen LogP contribution in [0, 0.1) is 0 Å². The molecule has 1 heterocycles. The fourth-order valence-corrected chi connectivity index (χ4v) is 3.06. The summed E-state index contributed by atoms with van der Waals surface area (Å²) in [6.07, 6.45) is 5.52. The first-order valence-electron chi connectivity index (χ1n) is 7.72. The summed E-state index contributed by atoms with van der Waals surface area (Å²) in [5.74, 6) is -2.76. The first-order chi connectivity index (χ1) is 10.3. The summed E-state index contributed by atoms with van der Waals surface area (Å²) in [6.45, 7) is 7.15. The van der Waals surface area contributed by atoms with Crippen molar-refractivity contribution >= 4 is 11.9 Å². The number of rotatable bonds is 3. The third-order valence-electron chi connectivity index (χ3n) is 4.03. The van der Waals surface area contributed by atoms with E-state index >= 15 is 0 Å². The Balaban J connectivity index is 2.68. The Bertz CT molecular complexity index is 679. The molecule has 122 valence electrons. The van der Waals surface area contributed by atoms with E-state index in [1.54, 1.807) is 6.08 Å². The van der Waals surface area contributed by atoms with E-state index < -0.39 is 5.92 Å². The van der Waals surface area contributed by atoms with Crippen LogP contribution in [0.2, 0.25) is 0 Å². The van der Waals surface area contributed by atoms with Gasteiger partial charge >= 0.3 is 0 Å². The van der Waals surface area contributed by atoms with Gasteiger partial charge < -0.3 is 4.57 Å². The quantitative estimate of drug-likeness (QED) is 0.829. The summed E-state index contributed by atoms with van der Waals surface area (Å²) in [7, 11) is 0.